The van der Waals surface area contributed by atoms with Gasteiger partial charge in [0, 0.05) is 19.6 Å². The van der Waals surface area contributed by atoms with Crippen LogP contribution in [0.1, 0.15) is 40.5 Å². The summed E-state index contributed by atoms with van der Waals surface area (Å²) < 4.78 is 2.42. The predicted molar refractivity (Wildman–Crippen MR) is 107 cm³/mol. The van der Waals surface area contributed by atoms with Crippen LogP contribution in [0, 0.1) is 5.92 Å². The van der Waals surface area contributed by atoms with Crippen molar-refractivity contribution in [1.29, 1.82) is 0 Å². The maximum Gasteiger partial charge on any atom is 0.272 e. The molecule has 0 aliphatic heterocycles. The lowest BCUT2D eigenvalue weighted by atomic mass is 10.2. The maximum absolute atomic E-state index is 12.8. The Kier molecular flexibility index (Phi) is 7.50. The van der Waals surface area contributed by atoms with Gasteiger partial charge in [0.15, 0.2) is 5.16 Å². The summed E-state index contributed by atoms with van der Waals surface area (Å²) in [6, 6.07) is 1.87. The lowest BCUT2D eigenvalue weighted by Gasteiger charge is -2.21. The smallest absolute Gasteiger partial charge is 0.272 e. The molecular weight excluding hydrogens is 354 g/mol. The van der Waals surface area contributed by atoms with Crippen molar-refractivity contribution in [3.8, 4) is 0 Å². The molecule has 2 aromatic heterocycles. The van der Waals surface area contributed by atoms with E-state index in [4.69, 9.17) is 0 Å². The lowest BCUT2D eigenvalue weighted by Crippen LogP contribution is -2.34. The maximum atomic E-state index is 12.8. The van der Waals surface area contributed by atoms with Crippen LogP contribution in [0.2, 0.25) is 0 Å². The molecule has 0 saturated carbocycles. The van der Waals surface area contributed by atoms with Gasteiger partial charge in [-0.05, 0) is 30.2 Å². The van der Waals surface area contributed by atoms with E-state index in [1.165, 1.54) is 23.1 Å². The molecule has 0 N–H and O–H groups in total. The van der Waals surface area contributed by atoms with Crippen LogP contribution in [-0.4, -0.2) is 39.2 Å². The van der Waals surface area contributed by atoms with Crippen molar-refractivity contribution in [1.82, 2.24) is 14.5 Å². The van der Waals surface area contributed by atoms with Gasteiger partial charge in [-0.2, -0.15) is 0 Å². The minimum Gasteiger partial charge on any atom is -0.342 e. The largest absolute Gasteiger partial charge is 0.342 e. The van der Waals surface area contributed by atoms with E-state index in [-0.39, 0.29) is 11.5 Å². The molecule has 5 nitrogen and oxygen atoms in total. The first-order valence-electron chi connectivity index (χ1n) is 8.86. The summed E-state index contributed by atoms with van der Waals surface area (Å²) in [7, 11) is 0. The molecule has 2 rings (SSSR count). The van der Waals surface area contributed by atoms with Gasteiger partial charge in [-0.1, -0.05) is 39.5 Å². The predicted octanol–water partition coefficient (Wildman–Crippen LogP) is 3.85. The van der Waals surface area contributed by atoms with Crippen LogP contribution in [0.4, 0.5) is 0 Å². The minimum absolute atomic E-state index is 0.00243. The Labute approximate surface area is 157 Å². The highest BCUT2D eigenvalue weighted by Crippen LogP contribution is 2.22. The van der Waals surface area contributed by atoms with Crippen LogP contribution < -0.4 is 5.56 Å². The van der Waals surface area contributed by atoms with E-state index >= 15 is 0 Å². The molecular formula is C18H27N3O2S2. The second-order valence-electron chi connectivity index (χ2n) is 6.51. The molecule has 2 aromatic rings. The van der Waals surface area contributed by atoms with Gasteiger partial charge >= 0.3 is 0 Å². The summed E-state index contributed by atoms with van der Waals surface area (Å²) in [6.07, 6.45) is 1.90. The van der Waals surface area contributed by atoms with E-state index in [1.54, 1.807) is 4.57 Å². The third-order valence-electron chi connectivity index (χ3n) is 3.74. The summed E-state index contributed by atoms with van der Waals surface area (Å²) in [6.45, 7) is 10.5. The van der Waals surface area contributed by atoms with Gasteiger partial charge in [-0.15, -0.1) is 11.3 Å². The van der Waals surface area contributed by atoms with E-state index in [0.29, 0.717) is 28.1 Å². The molecule has 138 valence electrons. The SMILES string of the molecule is CCCN(CCC)C(=O)CSc1nc2ccsc2c(=O)n1CC(C)C. The summed E-state index contributed by atoms with van der Waals surface area (Å²) >= 11 is 2.80. The highest BCUT2D eigenvalue weighted by Gasteiger charge is 2.17. The Morgan fingerprint density at radius 2 is 2.00 bits per heavy atom. The number of carbonyl (C=O) groups excluding carboxylic acids is 1. The number of amides is 1. The first-order chi connectivity index (χ1) is 12.0. The normalized spacial score (nSPS) is 11.4. The zero-order valence-corrected chi connectivity index (χ0v) is 17.1. The van der Waals surface area contributed by atoms with Gasteiger partial charge in [0.2, 0.25) is 5.91 Å². The first kappa shape index (κ1) is 20.0. The topological polar surface area (TPSA) is 55.2 Å². The number of fused-ring (bicyclic) bond motifs is 1. The highest BCUT2D eigenvalue weighted by atomic mass is 32.2. The van der Waals surface area contributed by atoms with E-state index in [0.717, 1.165) is 31.4 Å². The Bertz CT molecular complexity index is 761. The van der Waals surface area contributed by atoms with Crippen LogP contribution in [0.25, 0.3) is 10.2 Å². The van der Waals surface area contributed by atoms with Crippen LogP contribution in [0.3, 0.4) is 0 Å². The fourth-order valence-corrected chi connectivity index (χ4v) is 4.37. The highest BCUT2D eigenvalue weighted by molar-refractivity contribution is 7.99. The van der Waals surface area contributed by atoms with Gasteiger partial charge in [-0.3, -0.25) is 14.2 Å². The van der Waals surface area contributed by atoms with E-state index in [1.807, 2.05) is 16.3 Å². The first-order valence-corrected chi connectivity index (χ1v) is 10.7. The van der Waals surface area contributed by atoms with Gasteiger partial charge in [0.25, 0.3) is 5.56 Å². The standard InChI is InChI=1S/C18H27N3O2S2/c1-5-8-20(9-6-2)15(22)12-25-18-19-14-7-10-24-16(14)17(23)21(18)11-13(3)4/h7,10,13H,5-6,8-9,11-12H2,1-4H3. The molecule has 0 bridgehead atoms. The Morgan fingerprint density at radius 1 is 1.32 bits per heavy atom. The third-order valence-corrected chi connectivity index (χ3v) is 5.60. The number of thiophene rings is 1. The van der Waals surface area contributed by atoms with Crippen molar-refractivity contribution in [2.45, 2.75) is 52.2 Å². The molecule has 0 fully saturated rings. The van der Waals surface area contributed by atoms with Crippen LogP contribution in [0.15, 0.2) is 21.4 Å². The van der Waals surface area contributed by atoms with E-state index < -0.39 is 0 Å². The van der Waals surface area contributed by atoms with Crippen molar-refractivity contribution < 1.29 is 4.79 Å². The van der Waals surface area contributed by atoms with Gasteiger partial charge in [-0.25, -0.2) is 4.98 Å². The zero-order valence-electron chi connectivity index (χ0n) is 15.4. The molecule has 0 aromatic carbocycles. The molecule has 1 amide bonds. The Balaban J connectivity index is 2.24. The second-order valence-corrected chi connectivity index (χ2v) is 8.37. The zero-order chi connectivity index (χ0) is 18.4. The molecule has 0 radical (unpaired) electrons. The number of aromatic nitrogens is 2. The molecule has 0 aliphatic carbocycles. The minimum atomic E-state index is 0.00243. The molecule has 0 spiro atoms. The third kappa shape index (κ3) is 5.07. The average molecular weight is 382 g/mol. The molecule has 7 heteroatoms. The molecule has 0 aliphatic rings. The molecule has 0 saturated heterocycles. The van der Waals surface area contributed by atoms with Crippen molar-refractivity contribution in [2.24, 2.45) is 5.92 Å². The van der Waals surface area contributed by atoms with Crippen molar-refractivity contribution in [3.05, 3.63) is 21.8 Å². The number of nitrogens with zero attached hydrogens (tertiary/aromatic N) is 3. The number of rotatable bonds is 9. The number of carbonyl (C=O) groups is 1. The molecule has 25 heavy (non-hydrogen) atoms. The Hall–Kier alpha value is -1.34. The fourth-order valence-electron chi connectivity index (χ4n) is 2.68. The van der Waals surface area contributed by atoms with Crippen molar-refractivity contribution in [2.75, 3.05) is 18.8 Å². The fraction of sp³-hybridized carbons (Fsp3) is 0.611. The van der Waals surface area contributed by atoms with E-state index in [2.05, 4.69) is 32.7 Å². The van der Waals surface area contributed by atoms with Gasteiger partial charge < -0.3 is 4.90 Å². The van der Waals surface area contributed by atoms with Crippen molar-refractivity contribution >= 4 is 39.2 Å². The second kappa shape index (κ2) is 9.38. The molecule has 0 unspecified atom stereocenters. The summed E-state index contributed by atoms with van der Waals surface area (Å²) in [5.74, 6) is 0.772. The van der Waals surface area contributed by atoms with E-state index in [9.17, 15) is 9.59 Å². The molecule has 0 atom stereocenters. The van der Waals surface area contributed by atoms with Gasteiger partial charge in [0.1, 0.15) is 4.70 Å². The summed E-state index contributed by atoms with van der Waals surface area (Å²) in [5, 5.41) is 2.54. The summed E-state index contributed by atoms with van der Waals surface area (Å²) in [4.78, 5) is 31.8. The van der Waals surface area contributed by atoms with Gasteiger partial charge in [0.05, 0.1) is 11.3 Å². The monoisotopic (exact) mass is 381 g/mol. The van der Waals surface area contributed by atoms with Crippen LogP contribution in [0.5, 0.6) is 0 Å². The number of hydrogen-bond acceptors (Lipinski definition) is 5. The lowest BCUT2D eigenvalue weighted by molar-refractivity contribution is -0.128. The quantitative estimate of drug-likeness (QED) is 0.489. The summed E-state index contributed by atoms with van der Waals surface area (Å²) in [5.41, 5.74) is 0.728. The Morgan fingerprint density at radius 3 is 2.60 bits per heavy atom. The van der Waals surface area contributed by atoms with Crippen LogP contribution in [-0.2, 0) is 11.3 Å². The van der Waals surface area contributed by atoms with Crippen LogP contribution >= 0.6 is 23.1 Å². The number of hydrogen-bond donors (Lipinski definition) is 0. The average Bonchev–Trinajstić information content (AvgIpc) is 3.03. The molecule has 2 heterocycles. The number of thioether (sulfide) groups is 1. The van der Waals surface area contributed by atoms with Crippen molar-refractivity contribution in [3.63, 3.8) is 0 Å².